The van der Waals surface area contributed by atoms with Gasteiger partial charge in [0.15, 0.2) is 0 Å². The summed E-state index contributed by atoms with van der Waals surface area (Å²) in [7, 11) is -5.70. The van der Waals surface area contributed by atoms with Gasteiger partial charge < -0.3 is 4.18 Å². The number of hydrogen-bond acceptors (Lipinski definition) is 3. The average molecular weight is 413 g/mol. The molecule has 0 N–H and O–H groups in total. The zero-order chi connectivity index (χ0) is 19.7. The standard InChI is InChI=1S/C19H12ClF3O3S/c20-18(14-4-2-1-3-5-14)11-13-6-7-16-12-17(9-8-15(16)10-13)26-27(24,25)19(21,22)23/h1-12H/b18-11-. The fraction of sp³-hybridized carbons (Fsp3) is 0.0526. The topological polar surface area (TPSA) is 43.4 Å². The SMILES string of the molecule is O=S(=O)(Oc1ccc2cc(/C=C(\Cl)c3ccccc3)ccc2c1)C(F)(F)F. The van der Waals surface area contributed by atoms with Gasteiger partial charge in [-0.15, -0.1) is 0 Å². The van der Waals surface area contributed by atoms with E-state index < -0.39 is 21.4 Å². The molecule has 3 aromatic rings. The van der Waals surface area contributed by atoms with Crippen LogP contribution in [0.25, 0.3) is 21.9 Å². The first-order valence-electron chi connectivity index (χ1n) is 7.63. The molecule has 0 aliphatic heterocycles. The minimum atomic E-state index is -5.70. The highest BCUT2D eigenvalue weighted by Gasteiger charge is 2.48. The van der Waals surface area contributed by atoms with Gasteiger partial charge in [-0.1, -0.05) is 60.1 Å². The molecule has 0 aliphatic carbocycles. The van der Waals surface area contributed by atoms with Gasteiger partial charge in [-0.05, 0) is 46.2 Å². The van der Waals surface area contributed by atoms with Gasteiger partial charge in [0, 0.05) is 5.03 Å². The summed E-state index contributed by atoms with van der Waals surface area (Å²) in [6.45, 7) is 0. The molecule has 8 heteroatoms. The second-order valence-electron chi connectivity index (χ2n) is 5.61. The molecule has 0 fully saturated rings. The number of hydrogen-bond donors (Lipinski definition) is 0. The second kappa shape index (κ2) is 7.25. The lowest BCUT2D eigenvalue weighted by molar-refractivity contribution is -0.0500. The van der Waals surface area contributed by atoms with Gasteiger partial charge in [-0.2, -0.15) is 21.6 Å². The molecule has 3 rings (SSSR count). The first-order valence-corrected chi connectivity index (χ1v) is 9.41. The van der Waals surface area contributed by atoms with E-state index in [1.54, 1.807) is 24.3 Å². The lowest BCUT2D eigenvalue weighted by Gasteiger charge is -2.10. The first kappa shape index (κ1) is 19.3. The largest absolute Gasteiger partial charge is 0.534 e. The summed E-state index contributed by atoms with van der Waals surface area (Å²) in [6.07, 6.45) is 1.76. The Morgan fingerprint density at radius 1 is 0.926 bits per heavy atom. The van der Waals surface area contributed by atoms with Crippen molar-refractivity contribution >= 4 is 43.6 Å². The van der Waals surface area contributed by atoms with E-state index in [9.17, 15) is 21.6 Å². The van der Waals surface area contributed by atoms with Crippen molar-refractivity contribution < 1.29 is 25.8 Å². The fourth-order valence-corrected chi connectivity index (χ4v) is 3.09. The summed E-state index contributed by atoms with van der Waals surface area (Å²) in [6, 6.07) is 18.3. The van der Waals surface area contributed by atoms with Gasteiger partial charge in [0.05, 0.1) is 0 Å². The summed E-state index contributed by atoms with van der Waals surface area (Å²) in [5.41, 5.74) is -3.85. The average Bonchev–Trinajstić information content (AvgIpc) is 2.61. The second-order valence-corrected chi connectivity index (χ2v) is 7.55. The summed E-state index contributed by atoms with van der Waals surface area (Å²) in [5, 5.41) is 1.75. The van der Waals surface area contributed by atoms with E-state index in [4.69, 9.17) is 11.6 Å². The lowest BCUT2D eigenvalue weighted by atomic mass is 10.1. The molecule has 0 spiro atoms. The zero-order valence-electron chi connectivity index (χ0n) is 13.6. The van der Waals surface area contributed by atoms with Crippen LogP contribution in [0.4, 0.5) is 13.2 Å². The van der Waals surface area contributed by atoms with Crippen molar-refractivity contribution in [3.63, 3.8) is 0 Å². The Morgan fingerprint density at radius 3 is 2.22 bits per heavy atom. The minimum absolute atomic E-state index is 0.412. The number of benzene rings is 3. The Balaban J connectivity index is 1.90. The van der Waals surface area contributed by atoms with E-state index in [-0.39, 0.29) is 0 Å². The highest BCUT2D eigenvalue weighted by molar-refractivity contribution is 7.88. The van der Waals surface area contributed by atoms with Crippen LogP contribution < -0.4 is 4.18 Å². The van der Waals surface area contributed by atoms with Crippen molar-refractivity contribution in [3.05, 3.63) is 77.9 Å². The van der Waals surface area contributed by atoms with Crippen molar-refractivity contribution in [2.24, 2.45) is 0 Å². The smallest absolute Gasteiger partial charge is 0.376 e. The lowest BCUT2D eigenvalue weighted by Crippen LogP contribution is -2.28. The third-order valence-electron chi connectivity index (χ3n) is 3.67. The van der Waals surface area contributed by atoms with Gasteiger partial charge >= 0.3 is 15.6 Å². The Labute approximate surface area is 158 Å². The molecule has 0 amide bonds. The molecular weight excluding hydrogens is 401 g/mol. The summed E-state index contributed by atoms with van der Waals surface area (Å²) >= 11 is 6.30. The van der Waals surface area contributed by atoms with Crippen LogP contribution in [0.2, 0.25) is 0 Å². The van der Waals surface area contributed by atoms with E-state index in [1.807, 2.05) is 30.3 Å². The number of rotatable bonds is 4. The van der Waals surface area contributed by atoms with Crippen molar-refractivity contribution in [2.45, 2.75) is 5.51 Å². The summed E-state index contributed by atoms with van der Waals surface area (Å²) < 4.78 is 63.6. The molecular formula is C19H12ClF3O3S. The van der Waals surface area contributed by atoms with Crippen molar-refractivity contribution in [3.8, 4) is 5.75 Å². The van der Waals surface area contributed by atoms with Crippen LogP contribution in [0.15, 0.2) is 66.7 Å². The third kappa shape index (κ3) is 4.43. The predicted octanol–water partition coefficient (Wildman–Crippen LogP) is 5.81. The van der Waals surface area contributed by atoms with Crippen LogP contribution in [0.3, 0.4) is 0 Å². The molecule has 0 saturated carbocycles. The molecule has 0 unspecified atom stereocenters. The van der Waals surface area contributed by atoms with E-state index in [1.165, 1.54) is 12.1 Å². The van der Waals surface area contributed by atoms with Gasteiger partial charge in [0.2, 0.25) is 0 Å². The Hall–Kier alpha value is -2.51. The van der Waals surface area contributed by atoms with Crippen molar-refractivity contribution in [2.75, 3.05) is 0 Å². The van der Waals surface area contributed by atoms with Crippen molar-refractivity contribution in [1.29, 1.82) is 0 Å². The first-order chi connectivity index (χ1) is 12.7. The highest BCUT2D eigenvalue weighted by atomic mass is 35.5. The molecule has 3 aromatic carbocycles. The Kier molecular flexibility index (Phi) is 5.17. The van der Waals surface area contributed by atoms with Crippen LogP contribution in [-0.4, -0.2) is 13.9 Å². The normalized spacial score (nSPS) is 13.0. The maximum atomic E-state index is 12.4. The predicted molar refractivity (Wildman–Crippen MR) is 99.7 cm³/mol. The van der Waals surface area contributed by atoms with Crippen molar-refractivity contribution in [1.82, 2.24) is 0 Å². The number of alkyl halides is 3. The maximum Gasteiger partial charge on any atom is 0.534 e. The molecule has 0 aromatic heterocycles. The molecule has 140 valence electrons. The molecule has 27 heavy (non-hydrogen) atoms. The maximum absolute atomic E-state index is 12.4. The Morgan fingerprint density at radius 2 is 1.56 bits per heavy atom. The fourth-order valence-electron chi connectivity index (χ4n) is 2.38. The molecule has 0 aliphatic rings. The molecule has 3 nitrogen and oxygen atoms in total. The van der Waals surface area contributed by atoms with E-state index >= 15 is 0 Å². The zero-order valence-corrected chi connectivity index (χ0v) is 15.1. The van der Waals surface area contributed by atoms with E-state index in [0.29, 0.717) is 15.8 Å². The Bertz CT molecular complexity index is 1110. The minimum Gasteiger partial charge on any atom is -0.376 e. The third-order valence-corrected chi connectivity index (χ3v) is 4.97. The number of halogens is 4. The molecule has 0 heterocycles. The van der Waals surface area contributed by atoms with Gasteiger partial charge in [0.1, 0.15) is 5.75 Å². The van der Waals surface area contributed by atoms with Crippen LogP contribution in [0, 0.1) is 0 Å². The summed E-state index contributed by atoms with van der Waals surface area (Å²) in [5.74, 6) is -0.412. The quantitative estimate of drug-likeness (QED) is 0.309. The van der Waals surface area contributed by atoms with Gasteiger partial charge in [-0.3, -0.25) is 0 Å². The number of fused-ring (bicyclic) bond motifs is 1. The summed E-state index contributed by atoms with van der Waals surface area (Å²) in [4.78, 5) is 0. The van der Waals surface area contributed by atoms with Crippen LogP contribution in [0.5, 0.6) is 5.75 Å². The van der Waals surface area contributed by atoms with E-state index in [0.717, 1.165) is 17.2 Å². The molecule has 0 saturated heterocycles. The van der Waals surface area contributed by atoms with Crippen LogP contribution >= 0.6 is 11.6 Å². The monoisotopic (exact) mass is 412 g/mol. The van der Waals surface area contributed by atoms with Crippen LogP contribution in [-0.2, 0) is 10.1 Å². The highest BCUT2D eigenvalue weighted by Crippen LogP contribution is 2.30. The molecule has 0 bridgehead atoms. The molecule has 0 radical (unpaired) electrons. The molecule has 0 atom stereocenters. The van der Waals surface area contributed by atoms with Crippen LogP contribution in [0.1, 0.15) is 11.1 Å². The van der Waals surface area contributed by atoms with Gasteiger partial charge in [0.25, 0.3) is 0 Å². The van der Waals surface area contributed by atoms with Gasteiger partial charge in [-0.25, -0.2) is 0 Å². The van der Waals surface area contributed by atoms with E-state index in [2.05, 4.69) is 4.18 Å².